The van der Waals surface area contributed by atoms with Crippen LogP contribution in [0.5, 0.6) is 0 Å². The van der Waals surface area contributed by atoms with E-state index in [0.717, 1.165) is 18.8 Å². The molecule has 1 aliphatic carbocycles. The van der Waals surface area contributed by atoms with Gasteiger partial charge in [0.15, 0.2) is 0 Å². The van der Waals surface area contributed by atoms with Crippen molar-refractivity contribution in [2.75, 3.05) is 25.0 Å². The van der Waals surface area contributed by atoms with Gasteiger partial charge in [-0.15, -0.1) is 0 Å². The van der Waals surface area contributed by atoms with E-state index in [2.05, 4.69) is 11.9 Å². The van der Waals surface area contributed by atoms with Crippen molar-refractivity contribution in [3.63, 3.8) is 0 Å². The maximum atomic E-state index is 13.2. The van der Waals surface area contributed by atoms with Gasteiger partial charge in [-0.1, -0.05) is 6.42 Å². The number of nitrogens with two attached hydrogens (primary N) is 1. The summed E-state index contributed by atoms with van der Waals surface area (Å²) in [7, 11) is 2.06. The average molecular weight is 236 g/mol. The topological polar surface area (TPSA) is 29.3 Å². The highest BCUT2D eigenvalue weighted by Crippen LogP contribution is 2.41. The maximum Gasteiger partial charge on any atom is 0.126 e. The second-order valence-electron chi connectivity index (χ2n) is 5.35. The third kappa shape index (κ3) is 2.44. The van der Waals surface area contributed by atoms with Crippen LogP contribution in [0.25, 0.3) is 0 Å². The van der Waals surface area contributed by atoms with Crippen LogP contribution < -0.4 is 10.6 Å². The molecule has 1 aromatic carbocycles. The van der Waals surface area contributed by atoms with Crippen molar-refractivity contribution < 1.29 is 4.39 Å². The molecule has 1 aliphatic rings. The lowest BCUT2D eigenvalue weighted by Gasteiger charge is -2.44. The molecule has 0 atom stereocenters. The van der Waals surface area contributed by atoms with E-state index in [1.165, 1.54) is 25.3 Å². The van der Waals surface area contributed by atoms with Crippen molar-refractivity contribution in [3.05, 3.63) is 29.6 Å². The highest BCUT2D eigenvalue weighted by molar-refractivity contribution is 5.48. The number of hydrogen-bond donors (Lipinski definition) is 1. The lowest BCUT2D eigenvalue weighted by Crippen LogP contribution is -2.46. The van der Waals surface area contributed by atoms with Crippen LogP contribution >= 0.6 is 0 Å². The molecule has 0 saturated heterocycles. The van der Waals surface area contributed by atoms with Crippen LogP contribution in [0.2, 0.25) is 0 Å². The summed E-state index contributed by atoms with van der Waals surface area (Å²) >= 11 is 0. The van der Waals surface area contributed by atoms with Crippen LogP contribution in [0.3, 0.4) is 0 Å². The van der Waals surface area contributed by atoms with Gasteiger partial charge in [0.1, 0.15) is 5.82 Å². The molecule has 2 nitrogen and oxygen atoms in total. The molecule has 2 N–H and O–H groups in total. The third-order valence-electron chi connectivity index (χ3n) is 4.00. The molecule has 94 valence electrons. The number of anilines is 1. The number of hydrogen-bond acceptors (Lipinski definition) is 2. The van der Waals surface area contributed by atoms with E-state index in [1.807, 2.05) is 12.1 Å². The van der Waals surface area contributed by atoms with Crippen LogP contribution in [0.4, 0.5) is 10.1 Å². The quantitative estimate of drug-likeness (QED) is 0.871. The molecule has 3 heteroatoms. The predicted molar refractivity (Wildman–Crippen MR) is 69.7 cm³/mol. The first-order chi connectivity index (χ1) is 8.06. The lowest BCUT2D eigenvalue weighted by molar-refractivity contribution is 0.154. The zero-order valence-electron chi connectivity index (χ0n) is 10.7. The Morgan fingerprint density at radius 2 is 2.12 bits per heavy atom. The summed E-state index contributed by atoms with van der Waals surface area (Å²) in [4.78, 5) is 2.19. The van der Waals surface area contributed by atoms with Crippen LogP contribution in [-0.4, -0.2) is 20.1 Å². The Balaban J connectivity index is 2.08. The Kier molecular flexibility index (Phi) is 3.38. The molecule has 0 radical (unpaired) electrons. The first kappa shape index (κ1) is 12.4. The summed E-state index contributed by atoms with van der Waals surface area (Å²) in [6, 6.07) is 5.28. The van der Waals surface area contributed by atoms with Gasteiger partial charge in [-0.05, 0) is 50.1 Å². The van der Waals surface area contributed by atoms with Gasteiger partial charge < -0.3 is 10.6 Å². The van der Waals surface area contributed by atoms with Gasteiger partial charge in [-0.3, -0.25) is 0 Å². The number of halogens is 1. The van der Waals surface area contributed by atoms with Crippen molar-refractivity contribution in [1.29, 1.82) is 0 Å². The van der Waals surface area contributed by atoms with Gasteiger partial charge in [-0.25, -0.2) is 4.39 Å². The first-order valence-corrected chi connectivity index (χ1v) is 6.24. The van der Waals surface area contributed by atoms with E-state index < -0.39 is 0 Å². The Morgan fingerprint density at radius 3 is 2.59 bits per heavy atom. The van der Waals surface area contributed by atoms with Crippen molar-refractivity contribution in [2.24, 2.45) is 11.1 Å². The van der Waals surface area contributed by atoms with Gasteiger partial charge in [-0.2, -0.15) is 0 Å². The van der Waals surface area contributed by atoms with E-state index in [0.29, 0.717) is 5.56 Å². The highest BCUT2D eigenvalue weighted by atomic mass is 19.1. The van der Waals surface area contributed by atoms with E-state index in [1.54, 1.807) is 6.92 Å². The first-order valence-electron chi connectivity index (χ1n) is 6.24. The average Bonchev–Trinajstić information content (AvgIpc) is 2.27. The summed E-state index contributed by atoms with van der Waals surface area (Å²) < 4.78 is 13.2. The molecule has 0 bridgehead atoms. The van der Waals surface area contributed by atoms with Crippen molar-refractivity contribution in [1.82, 2.24) is 0 Å². The largest absolute Gasteiger partial charge is 0.374 e. The predicted octanol–water partition coefficient (Wildman–Crippen LogP) is 2.70. The molecule has 1 aromatic rings. The van der Waals surface area contributed by atoms with Crippen molar-refractivity contribution in [3.8, 4) is 0 Å². The van der Waals surface area contributed by atoms with E-state index >= 15 is 0 Å². The molecule has 0 heterocycles. The molecule has 0 spiro atoms. The second kappa shape index (κ2) is 4.65. The van der Waals surface area contributed by atoms with Crippen molar-refractivity contribution >= 4 is 5.69 Å². The zero-order chi connectivity index (χ0) is 12.5. The molecule has 0 aliphatic heterocycles. The zero-order valence-corrected chi connectivity index (χ0v) is 10.7. The van der Waals surface area contributed by atoms with Crippen LogP contribution in [0.1, 0.15) is 24.8 Å². The highest BCUT2D eigenvalue weighted by Gasteiger charge is 2.36. The fourth-order valence-corrected chi connectivity index (χ4v) is 2.56. The van der Waals surface area contributed by atoms with Gasteiger partial charge >= 0.3 is 0 Å². The molecular formula is C14H21FN2. The van der Waals surface area contributed by atoms with Crippen molar-refractivity contribution in [2.45, 2.75) is 26.2 Å². The normalized spacial score (nSPS) is 17.6. The molecule has 0 unspecified atom stereocenters. The SMILES string of the molecule is Cc1cc(N(C)CC2(CN)CCC2)ccc1F. The number of rotatable bonds is 4. The van der Waals surface area contributed by atoms with Crippen LogP contribution in [0.15, 0.2) is 18.2 Å². The minimum Gasteiger partial charge on any atom is -0.374 e. The van der Waals surface area contributed by atoms with Crippen LogP contribution in [0, 0.1) is 18.2 Å². The molecule has 2 rings (SSSR count). The molecule has 1 saturated carbocycles. The maximum absolute atomic E-state index is 13.2. The summed E-state index contributed by atoms with van der Waals surface area (Å²) in [5.74, 6) is -0.140. The van der Waals surface area contributed by atoms with E-state index in [-0.39, 0.29) is 11.2 Å². The molecule has 0 amide bonds. The summed E-state index contributed by atoms with van der Waals surface area (Å²) in [6.45, 7) is 3.51. The molecule has 0 aromatic heterocycles. The number of nitrogens with zero attached hydrogens (tertiary/aromatic N) is 1. The van der Waals surface area contributed by atoms with Gasteiger partial charge in [0.2, 0.25) is 0 Å². The third-order valence-corrected chi connectivity index (χ3v) is 4.00. The standard InChI is InChI=1S/C14H21FN2/c1-11-8-12(4-5-13(11)15)17(2)10-14(9-16)6-3-7-14/h4-5,8H,3,6-7,9-10,16H2,1-2H3. The fourth-order valence-electron chi connectivity index (χ4n) is 2.56. The number of benzene rings is 1. The van der Waals surface area contributed by atoms with Crippen LogP contribution in [-0.2, 0) is 0 Å². The second-order valence-corrected chi connectivity index (χ2v) is 5.35. The fraction of sp³-hybridized carbons (Fsp3) is 0.571. The summed E-state index contributed by atoms with van der Waals surface area (Å²) in [6.07, 6.45) is 3.72. The monoisotopic (exact) mass is 236 g/mol. The van der Waals surface area contributed by atoms with Gasteiger partial charge in [0, 0.05) is 24.7 Å². The minimum absolute atomic E-state index is 0.140. The Morgan fingerprint density at radius 1 is 1.41 bits per heavy atom. The molecule has 1 fully saturated rings. The van der Waals surface area contributed by atoms with E-state index in [9.17, 15) is 4.39 Å². The Hall–Kier alpha value is -1.09. The Bertz CT molecular complexity index is 394. The lowest BCUT2D eigenvalue weighted by atomic mass is 9.68. The van der Waals surface area contributed by atoms with E-state index in [4.69, 9.17) is 5.73 Å². The van der Waals surface area contributed by atoms with Gasteiger partial charge in [0.05, 0.1) is 0 Å². The summed E-state index contributed by atoms with van der Waals surface area (Å²) in [5.41, 5.74) is 7.92. The molecular weight excluding hydrogens is 215 g/mol. The Labute approximate surface area is 103 Å². The van der Waals surface area contributed by atoms with Gasteiger partial charge in [0.25, 0.3) is 0 Å². The minimum atomic E-state index is -0.140. The molecule has 17 heavy (non-hydrogen) atoms. The summed E-state index contributed by atoms with van der Waals surface area (Å²) in [5, 5.41) is 0. The number of aryl methyl sites for hydroxylation is 1. The smallest absolute Gasteiger partial charge is 0.126 e.